The molecule has 1 saturated carbocycles. The second-order valence-corrected chi connectivity index (χ2v) is 9.43. The Bertz CT molecular complexity index is 1330. The Morgan fingerprint density at radius 1 is 1.14 bits per heavy atom. The first-order valence-corrected chi connectivity index (χ1v) is 12.6. The highest BCUT2D eigenvalue weighted by molar-refractivity contribution is 5.95. The zero-order valence-electron chi connectivity index (χ0n) is 20.2. The van der Waals surface area contributed by atoms with Crippen molar-refractivity contribution in [1.82, 2.24) is 29.5 Å². The van der Waals surface area contributed by atoms with E-state index in [0.717, 1.165) is 62.1 Å². The summed E-state index contributed by atoms with van der Waals surface area (Å²) < 4.78 is 7.77. The quantitative estimate of drug-likeness (QED) is 0.395. The number of likely N-dealkylation sites (N-methyl/N-ethyl adjacent to an activating group) is 1. The Labute approximate surface area is 204 Å². The molecule has 0 bridgehead atoms. The number of aromatic nitrogens is 4. The molecule has 1 aliphatic carbocycles. The van der Waals surface area contributed by atoms with Gasteiger partial charge in [0.1, 0.15) is 11.3 Å². The topological polar surface area (TPSA) is 80.3 Å². The van der Waals surface area contributed by atoms with Crippen LogP contribution in [0.4, 0.5) is 0 Å². The molecular formula is C27H30N6O2. The lowest BCUT2D eigenvalue weighted by atomic mass is 10.1. The summed E-state index contributed by atoms with van der Waals surface area (Å²) in [6.07, 6.45) is 6.55. The lowest BCUT2D eigenvalue weighted by Gasteiger charge is -2.26. The fourth-order valence-electron chi connectivity index (χ4n) is 5.26. The Hall–Kier alpha value is -3.52. The van der Waals surface area contributed by atoms with Gasteiger partial charge >= 0.3 is 0 Å². The van der Waals surface area contributed by atoms with Gasteiger partial charge in [0.05, 0.1) is 17.5 Å². The lowest BCUT2D eigenvalue weighted by Crippen LogP contribution is -2.38. The summed E-state index contributed by atoms with van der Waals surface area (Å²) in [7, 11) is 0. The molecule has 2 aliphatic rings. The van der Waals surface area contributed by atoms with E-state index < -0.39 is 0 Å². The maximum Gasteiger partial charge on any atom is 0.257 e. The van der Waals surface area contributed by atoms with Gasteiger partial charge in [0.2, 0.25) is 0 Å². The summed E-state index contributed by atoms with van der Waals surface area (Å²) >= 11 is 0. The number of carbonyl (C=O) groups excluding carboxylic acids is 1. The number of furan rings is 1. The van der Waals surface area contributed by atoms with Gasteiger partial charge in [0, 0.05) is 36.6 Å². The highest BCUT2D eigenvalue weighted by Gasteiger charge is 2.37. The molecule has 0 radical (unpaired) electrons. The maximum atomic E-state index is 13.6. The molecule has 1 unspecified atom stereocenters. The van der Waals surface area contributed by atoms with Gasteiger partial charge in [-0.25, -0.2) is 14.6 Å². The van der Waals surface area contributed by atoms with E-state index in [2.05, 4.69) is 28.8 Å². The van der Waals surface area contributed by atoms with E-state index in [0.29, 0.717) is 34.9 Å². The first kappa shape index (κ1) is 22.0. The lowest BCUT2D eigenvalue weighted by molar-refractivity contribution is 0.0776. The number of rotatable bonds is 7. The average Bonchev–Trinajstić information content (AvgIpc) is 3.28. The monoisotopic (exact) mass is 470 g/mol. The van der Waals surface area contributed by atoms with Crippen LogP contribution in [0.15, 0.2) is 53.2 Å². The molecule has 1 atom stereocenters. The molecule has 2 fully saturated rings. The van der Waals surface area contributed by atoms with Crippen molar-refractivity contribution in [3.05, 3.63) is 60.0 Å². The molecule has 1 aromatic carbocycles. The standard InChI is InChI=1S/C27H30N6O2/c1-3-31(4-2)20-12-14-32(17-20)26(34)21-16-29-33(25(21)18-9-10-18)27-28-13-11-22(30-27)24-15-19-7-5-6-8-23(19)35-24/h5-8,11,13,15-16,18,20H,3-4,9-10,12,14,17H2,1-2H3. The number of hydrogen-bond donors (Lipinski definition) is 0. The molecule has 3 aromatic heterocycles. The van der Waals surface area contributed by atoms with E-state index in [1.54, 1.807) is 17.1 Å². The van der Waals surface area contributed by atoms with Gasteiger partial charge in [-0.15, -0.1) is 0 Å². The summed E-state index contributed by atoms with van der Waals surface area (Å²) in [4.78, 5) is 27.3. The van der Waals surface area contributed by atoms with E-state index in [4.69, 9.17) is 9.40 Å². The van der Waals surface area contributed by atoms with Gasteiger partial charge in [-0.1, -0.05) is 32.0 Å². The van der Waals surface area contributed by atoms with Crippen molar-refractivity contribution in [2.75, 3.05) is 26.2 Å². The van der Waals surface area contributed by atoms with Crippen molar-refractivity contribution in [3.63, 3.8) is 0 Å². The van der Waals surface area contributed by atoms with Crippen molar-refractivity contribution in [3.8, 4) is 17.4 Å². The summed E-state index contributed by atoms with van der Waals surface area (Å²) in [5, 5.41) is 5.64. The first-order valence-electron chi connectivity index (χ1n) is 12.6. The third-order valence-electron chi connectivity index (χ3n) is 7.29. The van der Waals surface area contributed by atoms with Crippen LogP contribution in [0.1, 0.15) is 55.1 Å². The van der Waals surface area contributed by atoms with Crippen molar-refractivity contribution in [1.29, 1.82) is 0 Å². The SMILES string of the molecule is CCN(CC)C1CCN(C(=O)c2cnn(-c3nccc(-c4cc5ccccc5o4)n3)c2C2CC2)C1. The predicted molar refractivity (Wildman–Crippen MR) is 134 cm³/mol. The highest BCUT2D eigenvalue weighted by atomic mass is 16.3. The van der Waals surface area contributed by atoms with E-state index in [-0.39, 0.29) is 5.91 Å². The molecule has 1 amide bonds. The van der Waals surface area contributed by atoms with Gasteiger partial charge in [-0.2, -0.15) is 5.10 Å². The number of fused-ring (bicyclic) bond motifs is 1. The second-order valence-electron chi connectivity index (χ2n) is 9.43. The van der Waals surface area contributed by atoms with Crippen molar-refractivity contribution in [2.24, 2.45) is 0 Å². The van der Waals surface area contributed by atoms with Gasteiger partial charge in [0.15, 0.2) is 5.76 Å². The average molecular weight is 471 g/mol. The largest absolute Gasteiger partial charge is 0.454 e. The molecule has 0 spiro atoms. The second kappa shape index (κ2) is 8.92. The number of carbonyl (C=O) groups is 1. The van der Waals surface area contributed by atoms with Crippen LogP contribution in [0.3, 0.4) is 0 Å². The zero-order chi connectivity index (χ0) is 23.9. The number of amides is 1. The molecule has 0 N–H and O–H groups in total. The number of likely N-dealkylation sites (tertiary alicyclic amines) is 1. The first-order chi connectivity index (χ1) is 17.2. The van der Waals surface area contributed by atoms with Crippen LogP contribution in [0, 0.1) is 0 Å². The van der Waals surface area contributed by atoms with Crippen molar-refractivity contribution >= 4 is 16.9 Å². The molecule has 4 heterocycles. The Morgan fingerprint density at radius 2 is 1.97 bits per heavy atom. The Kier molecular flexibility index (Phi) is 5.60. The summed E-state index contributed by atoms with van der Waals surface area (Å²) in [5.74, 6) is 1.54. The molecule has 1 aliphatic heterocycles. The van der Waals surface area contributed by atoms with E-state index in [1.165, 1.54) is 0 Å². The fourth-order valence-corrected chi connectivity index (χ4v) is 5.26. The molecule has 180 valence electrons. The van der Waals surface area contributed by atoms with E-state index >= 15 is 0 Å². The highest BCUT2D eigenvalue weighted by Crippen LogP contribution is 2.42. The number of nitrogens with zero attached hydrogens (tertiary/aromatic N) is 6. The molecule has 8 heteroatoms. The van der Waals surface area contributed by atoms with Crippen LogP contribution >= 0.6 is 0 Å². The van der Waals surface area contributed by atoms with Gasteiger partial charge < -0.3 is 9.32 Å². The minimum absolute atomic E-state index is 0.0706. The van der Waals surface area contributed by atoms with Crippen molar-refractivity contribution in [2.45, 2.75) is 45.1 Å². The molecular weight excluding hydrogens is 440 g/mol. The molecule has 6 rings (SSSR count). The number of hydrogen-bond acceptors (Lipinski definition) is 6. The predicted octanol–water partition coefficient (Wildman–Crippen LogP) is 4.51. The van der Waals surface area contributed by atoms with Crippen LogP contribution < -0.4 is 0 Å². The van der Waals surface area contributed by atoms with Crippen LogP contribution in [0.25, 0.3) is 28.4 Å². The Balaban J connectivity index is 1.31. The van der Waals surface area contributed by atoms with Gasteiger partial charge in [-0.3, -0.25) is 9.69 Å². The van der Waals surface area contributed by atoms with Crippen LogP contribution in [-0.2, 0) is 0 Å². The van der Waals surface area contributed by atoms with Gasteiger partial charge in [-0.05, 0) is 50.6 Å². The third-order valence-corrected chi connectivity index (χ3v) is 7.29. The van der Waals surface area contributed by atoms with Crippen LogP contribution in [-0.4, -0.2) is 67.7 Å². The molecule has 35 heavy (non-hydrogen) atoms. The number of benzene rings is 1. The van der Waals surface area contributed by atoms with Gasteiger partial charge in [0.25, 0.3) is 11.9 Å². The smallest absolute Gasteiger partial charge is 0.257 e. The van der Waals surface area contributed by atoms with Crippen LogP contribution in [0.2, 0.25) is 0 Å². The zero-order valence-corrected chi connectivity index (χ0v) is 20.2. The third kappa shape index (κ3) is 4.01. The van der Waals surface area contributed by atoms with Crippen molar-refractivity contribution < 1.29 is 9.21 Å². The maximum absolute atomic E-state index is 13.6. The normalized spacial score (nSPS) is 18.1. The number of para-hydroxylation sites is 1. The summed E-state index contributed by atoms with van der Waals surface area (Å²) in [6.45, 7) is 7.94. The fraction of sp³-hybridized carbons (Fsp3) is 0.407. The minimum Gasteiger partial charge on any atom is -0.454 e. The Morgan fingerprint density at radius 3 is 2.74 bits per heavy atom. The molecule has 8 nitrogen and oxygen atoms in total. The minimum atomic E-state index is 0.0706. The summed E-state index contributed by atoms with van der Waals surface area (Å²) in [6, 6.07) is 12.2. The molecule has 4 aromatic rings. The molecule has 1 saturated heterocycles. The summed E-state index contributed by atoms with van der Waals surface area (Å²) in [5.41, 5.74) is 3.13. The van der Waals surface area contributed by atoms with E-state index in [9.17, 15) is 4.79 Å². The van der Waals surface area contributed by atoms with Crippen LogP contribution in [0.5, 0.6) is 0 Å². The van der Waals surface area contributed by atoms with E-state index in [1.807, 2.05) is 41.3 Å².